The predicted octanol–water partition coefficient (Wildman–Crippen LogP) is 2.42. The third kappa shape index (κ3) is 4.23. The molecular formula is C20H25NO6. The molecular weight excluding hydrogens is 350 g/mol. The summed E-state index contributed by atoms with van der Waals surface area (Å²) in [4.78, 5) is 37.5. The molecule has 0 radical (unpaired) electrons. The molecule has 0 N–H and O–H groups in total. The fraction of sp³-hybridized carbons (Fsp3) is 0.550. The Bertz CT molecular complexity index is 709. The smallest absolute Gasteiger partial charge is 0.314 e. The third-order valence-corrected chi connectivity index (χ3v) is 5.19. The van der Waals surface area contributed by atoms with Crippen LogP contribution in [-0.4, -0.2) is 49.6 Å². The Morgan fingerprint density at radius 1 is 1.11 bits per heavy atom. The van der Waals surface area contributed by atoms with Crippen molar-refractivity contribution in [3.05, 3.63) is 23.8 Å². The summed E-state index contributed by atoms with van der Waals surface area (Å²) < 4.78 is 16.4. The van der Waals surface area contributed by atoms with E-state index in [9.17, 15) is 14.4 Å². The molecule has 1 unspecified atom stereocenters. The summed E-state index contributed by atoms with van der Waals surface area (Å²) in [6.45, 7) is -0.0282. The third-order valence-electron chi connectivity index (χ3n) is 5.19. The van der Waals surface area contributed by atoms with Crippen LogP contribution in [0.3, 0.4) is 0 Å². The summed E-state index contributed by atoms with van der Waals surface area (Å²) in [6, 6.07) is 5.24. The molecule has 7 heteroatoms. The molecule has 2 fully saturated rings. The topological polar surface area (TPSA) is 82.1 Å². The first kappa shape index (κ1) is 19.2. The highest BCUT2D eigenvalue weighted by atomic mass is 16.5. The van der Waals surface area contributed by atoms with Crippen LogP contribution < -0.4 is 9.47 Å². The van der Waals surface area contributed by atoms with Gasteiger partial charge in [0.25, 0.3) is 0 Å². The Kier molecular flexibility index (Phi) is 5.98. The van der Waals surface area contributed by atoms with E-state index in [2.05, 4.69) is 0 Å². The number of esters is 1. The Hall–Kier alpha value is -2.57. The van der Waals surface area contributed by atoms with E-state index in [1.54, 1.807) is 25.3 Å². The number of benzene rings is 1. The Balaban J connectivity index is 1.87. The van der Waals surface area contributed by atoms with Gasteiger partial charge >= 0.3 is 5.97 Å². The van der Waals surface area contributed by atoms with Gasteiger partial charge in [0.1, 0.15) is 5.92 Å². The first-order valence-corrected chi connectivity index (χ1v) is 9.29. The minimum atomic E-state index is -0.766. The van der Waals surface area contributed by atoms with Gasteiger partial charge in [-0.05, 0) is 43.4 Å². The first-order chi connectivity index (χ1) is 13.0. The molecule has 1 aromatic carbocycles. The number of ether oxygens (including phenoxy) is 3. The van der Waals surface area contributed by atoms with Crippen LogP contribution >= 0.6 is 0 Å². The molecule has 1 aliphatic heterocycles. The summed E-state index contributed by atoms with van der Waals surface area (Å²) in [6.07, 6.45) is 4.76. The molecule has 1 saturated carbocycles. The second kappa shape index (κ2) is 8.41. The lowest BCUT2D eigenvalue weighted by molar-refractivity contribution is -0.145. The summed E-state index contributed by atoms with van der Waals surface area (Å²) in [5.41, 5.74) is 0.628. The summed E-state index contributed by atoms with van der Waals surface area (Å²) in [7, 11) is 2.86. The van der Waals surface area contributed by atoms with Crippen LogP contribution in [0.1, 0.15) is 50.0 Å². The molecule has 0 spiro atoms. The van der Waals surface area contributed by atoms with Crippen LogP contribution in [0.25, 0.3) is 0 Å². The van der Waals surface area contributed by atoms with Crippen LogP contribution in [0.5, 0.6) is 11.5 Å². The molecule has 1 atom stereocenters. The van der Waals surface area contributed by atoms with Crippen molar-refractivity contribution in [1.82, 2.24) is 4.90 Å². The average molecular weight is 375 g/mol. The second-order valence-electron chi connectivity index (χ2n) is 6.91. The normalized spacial score (nSPS) is 18.7. The van der Waals surface area contributed by atoms with E-state index >= 15 is 0 Å². The number of hydrogen-bond donors (Lipinski definition) is 0. The van der Waals surface area contributed by atoms with Crippen molar-refractivity contribution in [3.63, 3.8) is 0 Å². The largest absolute Gasteiger partial charge is 0.493 e. The quantitative estimate of drug-likeness (QED) is 0.538. The van der Waals surface area contributed by atoms with Crippen molar-refractivity contribution in [1.29, 1.82) is 0 Å². The van der Waals surface area contributed by atoms with Gasteiger partial charge in [0.05, 0.1) is 20.3 Å². The van der Waals surface area contributed by atoms with Crippen LogP contribution in [0.15, 0.2) is 18.2 Å². The summed E-state index contributed by atoms with van der Waals surface area (Å²) >= 11 is 0. The van der Waals surface area contributed by atoms with Gasteiger partial charge in [-0.25, -0.2) is 0 Å². The number of amides is 2. The van der Waals surface area contributed by atoms with Crippen molar-refractivity contribution in [2.45, 2.75) is 50.5 Å². The lowest BCUT2D eigenvalue weighted by atomic mass is 9.98. The van der Waals surface area contributed by atoms with Crippen LogP contribution in [0.4, 0.5) is 0 Å². The van der Waals surface area contributed by atoms with Crippen molar-refractivity contribution < 1.29 is 28.6 Å². The van der Waals surface area contributed by atoms with Crippen LogP contribution in [0.2, 0.25) is 0 Å². The van der Waals surface area contributed by atoms with E-state index in [0.29, 0.717) is 17.1 Å². The predicted molar refractivity (Wildman–Crippen MR) is 96.6 cm³/mol. The van der Waals surface area contributed by atoms with Crippen molar-refractivity contribution in [2.75, 3.05) is 20.8 Å². The fourth-order valence-electron chi connectivity index (χ4n) is 3.66. The SMILES string of the molecule is COC(=O)C(CN1C(=O)CCC1=O)c1ccc(OC)c(OC2CCCC2)c1. The van der Waals surface area contributed by atoms with Crippen molar-refractivity contribution in [3.8, 4) is 11.5 Å². The Labute approximate surface area is 158 Å². The number of likely N-dealkylation sites (tertiary alicyclic amines) is 1. The highest BCUT2D eigenvalue weighted by molar-refractivity contribution is 6.02. The number of nitrogens with zero attached hydrogens (tertiary/aromatic N) is 1. The lowest BCUT2D eigenvalue weighted by Gasteiger charge is -2.23. The maximum atomic E-state index is 12.4. The molecule has 1 aromatic rings. The fourth-order valence-corrected chi connectivity index (χ4v) is 3.66. The Morgan fingerprint density at radius 3 is 2.37 bits per heavy atom. The van der Waals surface area contributed by atoms with Gasteiger partial charge in [0, 0.05) is 19.4 Å². The number of hydrogen-bond acceptors (Lipinski definition) is 6. The molecule has 0 bridgehead atoms. The van der Waals surface area contributed by atoms with Crippen LogP contribution in [0, 0.1) is 0 Å². The zero-order valence-corrected chi connectivity index (χ0v) is 15.7. The molecule has 1 aliphatic carbocycles. The zero-order chi connectivity index (χ0) is 19.4. The minimum Gasteiger partial charge on any atom is -0.493 e. The highest BCUT2D eigenvalue weighted by Gasteiger charge is 2.34. The number of rotatable bonds is 7. The molecule has 2 amide bonds. The first-order valence-electron chi connectivity index (χ1n) is 9.29. The van der Waals surface area contributed by atoms with Gasteiger partial charge in [0.15, 0.2) is 11.5 Å². The monoisotopic (exact) mass is 375 g/mol. The number of carbonyl (C=O) groups excluding carboxylic acids is 3. The lowest BCUT2D eigenvalue weighted by Crippen LogP contribution is -2.36. The molecule has 1 heterocycles. The summed E-state index contributed by atoms with van der Waals surface area (Å²) in [5, 5.41) is 0. The average Bonchev–Trinajstić information content (AvgIpc) is 3.29. The van der Waals surface area contributed by atoms with Gasteiger partial charge < -0.3 is 14.2 Å². The molecule has 0 aromatic heterocycles. The maximum absolute atomic E-state index is 12.4. The number of methoxy groups -OCH3 is 2. The van der Waals surface area contributed by atoms with Gasteiger partial charge in [-0.3, -0.25) is 19.3 Å². The Morgan fingerprint density at radius 2 is 1.78 bits per heavy atom. The van der Waals surface area contributed by atoms with E-state index in [4.69, 9.17) is 14.2 Å². The van der Waals surface area contributed by atoms with E-state index in [0.717, 1.165) is 30.6 Å². The number of carbonyl (C=O) groups is 3. The van der Waals surface area contributed by atoms with Gasteiger partial charge in [-0.1, -0.05) is 6.07 Å². The molecule has 146 valence electrons. The summed E-state index contributed by atoms with van der Waals surface area (Å²) in [5.74, 6) is -0.635. The van der Waals surface area contributed by atoms with E-state index in [-0.39, 0.29) is 37.3 Å². The number of imide groups is 1. The molecule has 2 aliphatic rings. The standard InChI is InChI=1S/C20H25NO6/c1-25-16-8-7-13(11-17(16)27-14-5-3-4-6-14)15(20(24)26-2)12-21-18(22)9-10-19(21)23/h7-8,11,14-15H,3-6,9-10,12H2,1-2H3. The van der Waals surface area contributed by atoms with Crippen molar-refractivity contribution >= 4 is 17.8 Å². The molecule has 1 saturated heterocycles. The van der Waals surface area contributed by atoms with Crippen LogP contribution in [-0.2, 0) is 19.1 Å². The second-order valence-corrected chi connectivity index (χ2v) is 6.91. The van der Waals surface area contributed by atoms with E-state index < -0.39 is 11.9 Å². The zero-order valence-electron chi connectivity index (χ0n) is 15.7. The van der Waals surface area contributed by atoms with Gasteiger partial charge in [-0.2, -0.15) is 0 Å². The highest BCUT2D eigenvalue weighted by Crippen LogP contribution is 2.35. The maximum Gasteiger partial charge on any atom is 0.314 e. The molecule has 27 heavy (non-hydrogen) atoms. The molecule has 7 nitrogen and oxygen atoms in total. The van der Waals surface area contributed by atoms with Gasteiger partial charge in [0.2, 0.25) is 11.8 Å². The minimum absolute atomic E-state index is 0.0282. The van der Waals surface area contributed by atoms with E-state index in [1.807, 2.05) is 0 Å². The van der Waals surface area contributed by atoms with Gasteiger partial charge in [-0.15, -0.1) is 0 Å². The van der Waals surface area contributed by atoms with Crippen molar-refractivity contribution in [2.24, 2.45) is 0 Å². The molecule has 3 rings (SSSR count). The van der Waals surface area contributed by atoms with E-state index in [1.165, 1.54) is 7.11 Å².